The average Bonchev–Trinajstić information content (AvgIpc) is 3.83. The molecule has 4 heterocycles. The van der Waals surface area contributed by atoms with Gasteiger partial charge in [0.2, 0.25) is 0 Å². The lowest BCUT2D eigenvalue weighted by atomic mass is 9.89. The van der Waals surface area contributed by atoms with Crippen LogP contribution >= 0.6 is 34.7 Å². The second kappa shape index (κ2) is 13.5. The van der Waals surface area contributed by atoms with Gasteiger partial charge in [-0.2, -0.15) is 5.10 Å². The Morgan fingerprint density at radius 1 is 1.13 bits per heavy atom. The molecule has 3 aliphatic rings. The van der Waals surface area contributed by atoms with Crippen molar-refractivity contribution in [1.82, 2.24) is 29.5 Å². The molecule has 3 aromatic heterocycles. The summed E-state index contributed by atoms with van der Waals surface area (Å²) in [6.07, 6.45) is 12.0. The molecule has 1 saturated carbocycles. The van der Waals surface area contributed by atoms with Gasteiger partial charge in [0.05, 0.1) is 38.2 Å². The van der Waals surface area contributed by atoms with E-state index in [0.717, 1.165) is 77.3 Å². The van der Waals surface area contributed by atoms with E-state index in [1.165, 1.54) is 49.0 Å². The fourth-order valence-corrected chi connectivity index (χ4v) is 9.00. The van der Waals surface area contributed by atoms with Crippen molar-refractivity contribution in [2.45, 2.75) is 70.4 Å². The van der Waals surface area contributed by atoms with Crippen LogP contribution in [0.15, 0.2) is 42.7 Å². The van der Waals surface area contributed by atoms with Crippen LogP contribution in [0.2, 0.25) is 5.02 Å². The number of thiazole rings is 1. The summed E-state index contributed by atoms with van der Waals surface area (Å²) < 4.78 is 1.91. The standard InChI is InChI=1S/C34H38ClN7O2S2/c1-3-45-34(44)38-33-37-28-15-14-26-29(21-7-6-16-36-20-21)39-42(30(26)31(28)46-33)24-12-13-25(27(35)19-24)32(43)40(2)22-8-10-23(11-9-22)41-17-4-5-18-41/h6-7,12-13,16,19-20,22-23H,3-5,8-11,14-15,17-18H2,1-2H3,(H,37,38,44). The number of amides is 2. The van der Waals surface area contributed by atoms with Crippen molar-refractivity contribution in [3.8, 4) is 27.5 Å². The van der Waals surface area contributed by atoms with Crippen molar-refractivity contribution in [3.05, 3.63) is 64.6 Å². The topological polar surface area (TPSA) is 96.2 Å². The molecule has 1 N–H and O–H groups in total. The summed E-state index contributed by atoms with van der Waals surface area (Å²) in [5.41, 5.74) is 6.02. The number of nitrogens with zero attached hydrogens (tertiary/aromatic N) is 6. The number of hydrogen-bond acceptors (Lipinski definition) is 8. The van der Waals surface area contributed by atoms with Crippen molar-refractivity contribution in [1.29, 1.82) is 0 Å². The molecular formula is C34H38ClN7O2S2. The van der Waals surface area contributed by atoms with Crippen LogP contribution in [-0.4, -0.2) is 78.7 Å². The van der Waals surface area contributed by atoms with Crippen molar-refractivity contribution in [2.75, 3.05) is 31.2 Å². The molecule has 240 valence electrons. The number of carbonyl (C=O) groups excluding carboxylic acids is 2. The maximum absolute atomic E-state index is 13.7. The number of aromatic nitrogens is 4. The number of likely N-dealkylation sites (tertiary alicyclic amines) is 1. The second-order valence-electron chi connectivity index (χ2n) is 12.3. The van der Waals surface area contributed by atoms with Gasteiger partial charge in [0.1, 0.15) is 0 Å². The van der Waals surface area contributed by atoms with E-state index in [0.29, 0.717) is 27.5 Å². The Morgan fingerprint density at radius 3 is 2.65 bits per heavy atom. The number of carbonyl (C=O) groups is 2. The van der Waals surface area contributed by atoms with E-state index in [-0.39, 0.29) is 17.2 Å². The average molecular weight is 676 g/mol. The molecule has 0 unspecified atom stereocenters. The maximum Gasteiger partial charge on any atom is 0.285 e. The fraction of sp³-hybridized carbons (Fsp3) is 0.441. The highest BCUT2D eigenvalue weighted by Gasteiger charge is 2.33. The van der Waals surface area contributed by atoms with E-state index in [2.05, 4.69) is 15.2 Å². The summed E-state index contributed by atoms with van der Waals surface area (Å²) in [5, 5.41) is 8.90. The number of hydrogen-bond donors (Lipinski definition) is 1. The predicted octanol–water partition coefficient (Wildman–Crippen LogP) is 7.57. The first-order valence-corrected chi connectivity index (χ1v) is 18.4. The van der Waals surface area contributed by atoms with E-state index < -0.39 is 0 Å². The minimum atomic E-state index is -0.116. The van der Waals surface area contributed by atoms with Crippen LogP contribution in [0.1, 0.15) is 67.1 Å². The molecule has 46 heavy (non-hydrogen) atoms. The molecule has 1 aromatic carbocycles. The lowest BCUT2D eigenvalue weighted by Crippen LogP contribution is -2.44. The molecule has 2 amide bonds. The Kier molecular flexibility index (Phi) is 9.18. The second-order valence-corrected chi connectivity index (χ2v) is 14.9. The van der Waals surface area contributed by atoms with Crippen molar-refractivity contribution < 1.29 is 9.59 Å². The number of thioether (sulfide) groups is 1. The highest BCUT2D eigenvalue weighted by molar-refractivity contribution is 8.13. The molecule has 2 aliphatic carbocycles. The number of benzene rings is 1. The zero-order valence-electron chi connectivity index (χ0n) is 26.2. The number of anilines is 1. The largest absolute Gasteiger partial charge is 0.339 e. The number of pyridine rings is 1. The molecule has 1 aliphatic heterocycles. The summed E-state index contributed by atoms with van der Waals surface area (Å²) in [7, 11) is 1.91. The van der Waals surface area contributed by atoms with Crippen LogP contribution in [0.5, 0.6) is 0 Å². The van der Waals surface area contributed by atoms with E-state index in [1.807, 2.05) is 60.1 Å². The fourth-order valence-electron chi connectivity index (χ4n) is 7.18. The Morgan fingerprint density at radius 2 is 1.93 bits per heavy atom. The van der Waals surface area contributed by atoms with Crippen LogP contribution < -0.4 is 5.32 Å². The van der Waals surface area contributed by atoms with E-state index >= 15 is 0 Å². The Hall–Kier alpha value is -3.25. The van der Waals surface area contributed by atoms with Crippen LogP contribution in [0, 0.1) is 0 Å². The van der Waals surface area contributed by atoms with Crippen LogP contribution in [0.4, 0.5) is 9.93 Å². The first-order valence-electron chi connectivity index (χ1n) is 16.2. The monoisotopic (exact) mass is 675 g/mol. The SMILES string of the molecule is CCSC(=O)Nc1nc2c(s1)-c1c(c(-c3cccnc3)nn1-c1ccc(C(=O)N(C)C3CCC(N4CCCC4)CC3)c(Cl)c1)CC2. The Balaban J connectivity index is 1.18. The van der Waals surface area contributed by atoms with E-state index in [9.17, 15) is 9.59 Å². The molecule has 7 rings (SSSR count). The predicted molar refractivity (Wildman–Crippen MR) is 186 cm³/mol. The molecule has 9 nitrogen and oxygen atoms in total. The highest BCUT2D eigenvalue weighted by Crippen LogP contribution is 2.44. The summed E-state index contributed by atoms with van der Waals surface area (Å²) in [6, 6.07) is 10.4. The third kappa shape index (κ3) is 6.10. The lowest BCUT2D eigenvalue weighted by Gasteiger charge is -2.38. The van der Waals surface area contributed by atoms with Gasteiger partial charge < -0.3 is 9.80 Å². The molecule has 2 fully saturated rings. The molecule has 1 saturated heterocycles. The Labute approximate surface area is 282 Å². The van der Waals surface area contributed by atoms with Crippen molar-refractivity contribution in [3.63, 3.8) is 0 Å². The molecule has 0 spiro atoms. The third-order valence-corrected chi connectivity index (χ3v) is 11.5. The smallest absolute Gasteiger partial charge is 0.285 e. The first-order chi connectivity index (χ1) is 22.4. The van der Waals surface area contributed by atoms with Crippen LogP contribution in [0.3, 0.4) is 0 Å². The molecular weight excluding hydrogens is 638 g/mol. The maximum atomic E-state index is 13.7. The molecule has 0 bridgehead atoms. The van der Waals surface area contributed by atoms with Crippen molar-refractivity contribution >= 4 is 51.0 Å². The highest BCUT2D eigenvalue weighted by atomic mass is 35.5. The van der Waals surface area contributed by atoms with Crippen LogP contribution in [-0.2, 0) is 12.8 Å². The number of rotatable bonds is 7. The number of aryl methyl sites for hydroxylation is 1. The lowest BCUT2D eigenvalue weighted by molar-refractivity contribution is 0.0646. The minimum Gasteiger partial charge on any atom is -0.339 e. The molecule has 4 aromatic rings. The van der Waals surface area contributed by atoms with Gasteiger partial charge in [-0.3, -0.25) is 19.9 Å². The molecule has 12 heteroatoms. The first kappa shape index (κ1) is 31.4. The summed E-state index contributed by atoms with van der Waals surface area (Å²) in [6.45, 7) is 4.38. The van der Waals surface area contributed by atoms with Gasteiger partial charge in [0, 0.05) is 42.7 Å². The molecule has 0 atom stereocenters. The van der Waals surface area contributed by atoms with Gasteiger partial charge >= 0.3 is 0 Å². The summed E-state index contributed by atoms with van der Waals surface area (Å²) >= 11 is 9.58. The van der Waals surface area contributed by atoms with Gasteiger partial charge in [-0.25, -0.2) is 9.67 Å². The molecule has 0 radical (unpaired) electrons. The van der Waals surface area contributed by atoms with Gasteiger partial charge in [-0.05, 0) is 101 Å². The van der Waals surface area contributed by atoms with Gasteiger partial charge in [0.15, 0.2) is 5.13 Å². The third-order valence-electron chi connectivity index (χ3n) is 9.55. The van der Waals surface area contributed by atoms with Crippen molar-refractivity contribution in [2.24, 2.45) is 0 Å². The van der Waals surface area contributed by atoms with E-state index in [4.69, 9.17) is 21.7 Å². The minimum absolute atomic E-state index is 0.0465. The summed E-state index contributed by atoms with van der Waals surface area (Å²) in [5.74, 6) is 0.645. The quantitative estimate of drug-likeness (QED) is 0.216. The van der Waals surface area contributed by atoms with Gasteiger partial charge in [0.25, 0.3) is 11.1 Å². The number of fused-ring (bicyclic) bond motifs is 3. The normalized spacial score (nSPS) is 19.5. The van der Waals surface area contributed by atoms with Gasteiger partial charge in [-0.15, -0.1) is 0 Å². The van der Waals surface area contributed by atoms with Crippen LogP contribution in [0.25, 0.3) is 27.5 Å². The Bertz CT molecular complexity index is 1740. The number of nitrogens with one attached hydrogen (secondary N) is 1. The number of halogens is 1. The zero-order chi connectivity index (χ0) is 31.8. The summed E-state index contributed by atoms with van der Waals surface area (Å²) in [4.78, 5) is 40.7. The van der Waals surface area contributed by atoms with E-state index in [1.54, 1.807) is 6.20 Å². The zero-order valence-corrected chi connectivity index (χ0v) is 28.6. The van der Waals surface area contributed by atoms with Gasteiger partial charge in [-0.1, -0.05) is 41.6 Å².